The second kappa shape index (κ2) is 5.51. The number of anilines is 1. The van der Waals surface area contributed by atoms with Crippen LogP contribution in [0.2, 0.25) is 0 Å². The van der Waals surface area contributed by atoms with Gasteiger partial charge in [-0.2, -0.15) is 5.10 Å². The molecule has 1 aromatic heterocycles. The second-order valence-electron chi connectivity index (χ2n) is 3.98. The summed E-state index contributed by atoms with van der Waals surface area (Å²) in [4.78, 5) is 11.6. The lowest BCUT2D eigenvalue weighted by Crippen LogP contribution is -2.10. The molecule has 0 spiro atoms. The highest BCUT2D eigenvalue weighted by atomic mass is 19.1. The predicted octanol–water partition coefficient (Wildman–Crippen LogP) is 1.96. The smallest absolute Gasteiger partial charge is 0.340 e. The second-order valence-corrected chi connectivity index (χ2v) is 3.98. The van der Waals surface area contributed by atoms with Gasteiger partial charge < -0.3 is 10.1 Å². The van der Waals surface area contributed by atoms with Gasteiger partial charge in [-0.1, -0.05) is 0 Å². The highest BCUT2D eigenvalue weighted by Gasteiger charge is 2.13. The molecule has 0 atom stereocenters. The molecule has 0 aliphatic rings. The molecule has 0 bridgehead atoms. The molecule has 5 nitrogen and oxygen atoms in total. The molecule has 0 unspecified atom stereocenters. The fraction of sp³-hybridized carbons (Fsp3) is 0.231. The van der Waals surface area contributed by atoms with Gasteiger partial charge in [0.15, 0.2) is 0 Å². The first-order valence-corrected chi connectivity index (χ1v) is 5.70. The summed E-state index contributed by atoms with van der Waals surface area (Å²) in [6.07, 6.45) is 1.68. The number of esters is 1. The third-order valence-corrected chi connectivity index (χ3v) is 2.77. The van der Waals surface area contributed by atoms with Gasteiger partial charge in [0.25, 0.3) is 0 Å². The largest absolute Gasteiger partial charge is 0.465 e. The van der Waals surface area contributed by atoms with Crippen LogP contribution in [0.4, 0.5) is 10.1 Å². The number of hydrogen-bond acceptors (Lipinski definition) is 4. The summed E-state index contributed by atoms with van der Waals surface area (Å²) in [6.45, 7) is 0.478. The molecule has 0 amide bonds. The van der Waals surface area contributed by atoms with E-state index >= 15 is 0 Å². The quantitative estimate of drug-likeness (QED) is 0.857. The zero-order valence-corrected chi connectivity index (χ0v) is 10.7. The molecule has 6 heteroatoms. The van der Waals surface area contributed by atoms with Crippen LogP contribution in [0.3, 0.4) is 0 Å². The zero-order chi connectivity index (χ0) is 13.8. The molecule has 0 saturated carbocycles. The molecule has 19 heavy (non-hydrogen) atoms. The number of rotatable bonds is 4. The molecule has 0 radical (unpaired) electrons. The molecular formula is C13H14FN3O2. The standard InChI is InChI=1S/C13H14FN3O2/c1-17-10(5-6-16-17)8-15-12-4-3-9(14)7-11(12)13(18)19-2/h3-7,15H,8H2,1-2H3. The average molecular weight is 263 g/mol. The molecular weight excluding hydrogens is 249 g/mol. The highest BCUT2D eigenvalue weighted by molar-refractivity contribution is 5.95. The summed E-state index contributed by atoms with van der Waals surface area (Å²) in [6, 6.07) is 5.81. The van der Waals surface area contributed by atoms with Crippen LogP contribution in [-0.2, 0) is 18.3 Å². The van der Waals surface area contributed by atoms with Crippen LogP contribution in [0.15, 0.2) is 30.5 Å². The lowest BCUT2D eigenvalue weighted by molar-refractivity contribution is 0.0601. The summed E-state index contributed by atoms with van der Waals surface area (Å²) in [5, 5.41) is 7.11. The molecule has 100 valence electrons. The SMILES string of the molecule is COC(=O)c1cc(F)ccc1NCc1ccnn1C. The Hall–Kier alpha value is -2.37. The lowest BCUT2D eigenvalue weighted by Gasteiger charge is -2.11. The van der Waals surface area contributed by atoms with Crippen molar-refractivity contribution in [3.63, 3.8) is 0 Å². The van der Waals surface area contributed by atoms with E-state index in [1.807, 2.05) is 13.1 Å². The molecule has 0 saturated heterocycles. The monoisotopic (exact) mass is 263 g/mol. The maximum atomic E-state index is 13.2. The van der Waals surface area contributed by atoms with Gasteiger partial charge in [-0.15, -0.1) is 0 Å². The number of carbonyl (C=O) groups is 1. The van der Waals surface area contributed by atoms with Crippen molar-refractivity contribution in [2.45, 2.75) is 6.54 Å². The minimum atomic E-state index is -0.577. The summed E-state index contributed by atoms with van der Waals surface area (Å²) < 4.78 is 19.5. The van der Waals surface area contributed by atoms with E-state index < -0.39 is 11.8 Å². The van der Waals surface area contributed by atoms with E-state index in [4.69, 9.17) is 0 Å². The van der Waals surface area contributed by atoms with Gasteiger partial charge in [-0.3, -0.25) is 4.68 Å². The van der Waals surface area contributed by atoms with Crippen LogP contribution < -0.4 is 5.32 Å². The number of nitrogens with one attached hydrogen (secondary N) is 1. The Labute approximate surface area is 110 Å². The number of benzene rings is 1. The van der Waals surface area contributed by atoms with Crippen molar-refractivity contribution < 1.29 is 13.9 Å². The van der Waals surface area contributed by atoms with E-state index in [0.717, 1.165) is 11.8 Å². The van der Waals surface area contributed by atoms with E-state index in [9.17, 15) is 9.18 Å². The molecule has 1 heterocycles. The Morgan fingerprint density at radius 2 is 2.26 bits per heavy atom. The van der Waals surface area contributed by atoms with Crippen molar-refractivity contribution in [2.24, 2.45) is 7.05 Å². The van der Waals surface area contributed by atoms with Crippen molar-refractivity contribution in [1.29, 1.82) is 0 Å². The molecule has 1 aromatic carbocycles. The van der Waals surface area contributed by atoms with Gasteiger partial charge in [0.1, 0.15) is 5.82 Å². The van der Waals surface area contributed by atoms with Crippen molar-refractivity contribution in [3.8, 4) is 0 Å². The first-order chi connectivity index (χ1) is 9.11. The van der Waals surface area contributed by atoms with Gasteiger partial charge in [-0.05, 0) is 24.3 Å². The predicted molar refractivity (Wildman–Crippen MR) is 68.3 cm³/mol. The fourth-order valence-electron chi connectivity index (χ4n) is 1.71. The Morgan fingerprint density at radius 1 is 1.47 bits per heavy atom. The molecule has 2 rings (SSSR count). The van der Waals surface area contributed by atoms with Crippen molar-refractivity contribution >= 4 is 11.7 Å². The number of halogens is 1. The van der Waals surface area contributed by atoms with Crippen LogP contribution in [-0.4, -0.2) is 22.9 Å². The molecule has 0 aliphatic carbocycles. The minimum absolute atomic E-state index is 0.171. The van der Waals surface area contributed by atoms with E-state index in [2.05, 4.69) is 15.2 Å². The number of ether oxygens (including phenoxy) is 1. The van der Waals surface area contributed by atoms with E-state index in [0.29, 0.717) is 12.2 Å². The number of aryl methyl sites for hydroxylation is 1. The van der Waals surface area contributed by atoms with Crippen LogP contribution >= 0.6 is 0 Å². The van der Waals surface area contributed by atoms with Gasteiger partial charge in [0.05, 0.1) is 24.9 Å². The van der Waals surface area contributed by atoms with Crippen LogP contribution in [0, 0.1) is 5.82 Å². The summed E-state index contributed by atoms with van der Waals surface area (Å²) >= 11 is 0. The molecule has 0 fully saturated rings. The number of aromatic nitrogens is 2. The van der Waals surface area contributed by atoms with Crippen LogP contribution in [0.25, 0.3) is 0 Å². The normalized spacial score (nSPS) is 10.3. The number of methoxy groups -OCH3 is 1. The third-order valence-electron chi connectivity index (χ3n) is 2.77. The van der Waals surface area contributed by atoms with Crippen LogP contribution in [0.1, 0.15) is 16.1 Å². The number of carbonyl (C=O) groups excluding carboxylic acids is 1. The lowest BCUT2D eigenvalue weighted by atomic mass is 10.1. The zero-order valence-electron chi connectivity index (χ0n) is 10.7. The minimum Gasteiger partial charge on any atom is -0.465 e. The topological polar surface area (TPSA) is 56.1 Å². The Kier molecular flexibility index (Phi) is 3.79. The van der Waals surface area contributed by atoms with Crippen molar-refractivity contribution in [3.05, 3.63) is 47.5 Å². The van der Waals surface area contributed by atoms with Gasteiger partial charge >= 0.3 is 5.97 Å². The first kappa shape index (κ1) is 13.1. The molecule has 2 aromatic rings. The third kappa shape index (κ3) is 2.90. The molecule has 1 N–H and O–H groups in total. The number of hydrogen-bond donors (Lipinski definition) is 1. The van der Waals surface area contributed by atoms with Crippen LogP contribution in [0.5, 0.6) is 0 Å². The summed E-state index contributed by atoms with van der Waals surface area (Å²) in [5.74, 6) is -1.06. The summed E-state index contributed by atoms with van der Waals surface area (Å²) in [5.41, 5.74) is 1.64. The van der Waals surface area contributed by atoms with Gasteiger partial charge in [0.2, 0.25) is 0 Å². The van der Waals surface area contributed by atoms with E-state index in [1.54, 1.807) is 10.9 Å². The Morgan fingerprint density at radius 3 is 2.89 bits per heavy atom. The number of nitrogens with zero attached hydrogens (tertiary/aromatic N) is 2. The van der Waals surface area contributed by atoms with Gasteiger partial charge in [0, 0.05) is 18.9 Å². The van der Waals surface area contributed by atoms with E-state index in [1.165, 1.54) is 19.2 Å². The highest BCUT2D eigenvalue weighted by Crippen LogP contribution is 2.18. The maximum Gasteiger partial charge on any atom is 0.340 e. The summed E-state index contributed by atoms with van der Waals surface area (Å²) in [7, 11) is 3.08. The Balaban J connectivity index is 2.20. The first-order valence-electron chi connectivity index (χ1n) is 5.70. The fourth-order valence-corrected chi connectivity index (χ4v) is 1.71. The maximum absolute atomic E-state index is 13.2. The van der Waals surface area contributed by atoms with E-state index in [-0.39, 0.29) is 5.56 Å². The van der Waals surface area contributed by atoms with Crippen molar-refractivity contribution in [1.82, 2.24) is 9.78 Å². The average Bonchev–Trinajstić information content (AvgIpc) is 2.82. The van der Waals surface area contributed by atoms with Gasteiger partial charge in [-0.25, -0.2) is 9.18 Å². The Bertz CT molecular complexity index is 595. The van der Waals surface area contributed by atoms with Crippen molar-refractivity contribution in [2.75, 3.05) is 12.4 Å². The molecule has 0 aliphatic heterocycles.